The smallest absolute Gasteiger partial charge is 0.323 e. The first kappa shape index (κ1) is 17.0. The van der Waals surface area contributed by atoms with Crippen LogP contribution in [0.25, 0.3) is 5.69 Å². The number of carboxylic acid groups (broad SMARTS) is 1. The topological polar surface area (TPSA) is 75.4 Å². The summed E-state index contributed by atoms with van der Waals surface area (Å²) in [5.41, 5.74) is 1.62. The van der Waals surface area contributed by atoms with E-state index in [-0.39, 0.29) is 12.2 Å². The standard InChI is InChI=1S/C16H18ClN3O3/c1-3-8-19(10-15(21)22)16(23)13-9-11(2)20(18-13)14-7-5-4-6-12(14)17/h4-7,9H,3,8,10H2,1-2H3,(H,21,22). The molecule has 2 rings (SSSR count). The minimum absolute atomic E-state index is 0.206. The minimum Gasteiger partial charge on any atom is -0.480 e. The second-order valence-corrected chi connectivity index (χ2v) is 5.56. The number of carbonyl (C=O) groups excluding carboxylic acids is 1. The molecule has 0 aliphatic rings. The van der Waals surface area contributed by atoms with Crippen molar-refractivity contribution in [3.05, 3.63) is 46.7 Å². The number of aliphatic carboxylic acids is 1. The van der Waals surface area contributed by atoms with Gasteiger partial charge >= 0.3 is 5.97 Å². The number of rotatable bonds is 6. The summed E-state index contributed by atoms with van der Waals surface area (Å²) >= 11 is 6.17. The van der Waals surface area contributed by atoms with Crippen LogP contribution in [0.1, 0.15) is 29.5 Å². The zero-order valence-corrected chi connectivity index (χ0v) is 13.7. The lowest BCUT2D eigenvalue weighted by Crippen LogP contribution is -2.36. The molecule has 0 aliphatic heterocycles. The largest absolute Gasteiger partial charge is 0.480 e. The zero-order valence-electron chi connectivity index (χ0n) is 13.0. The molecule has 1 N–H and O–H groups in total. The second-order valence-electron chi connectivity index (χ2n) is 5.15. The van der Waals surface area contributed by atoms with Crippen molar-refractivity contribution >= 4 is 23.5 Å². The van der Waals surface area contributed by atoms with Crippen molar-refractivity contribution in [1.82, 2.24) is 14.7 Å². The number of amides is 1. The number of carboxylic acids is 1. The molecular formula is C16H18ClN3O3. The lowest BCUT2D eigenvalue weighted by atomic mass is 10.3. The summed E-state index contributed by atoms with van der Waals surface area (Å²) in [4.78, 5) is 24.7. The summed E-state index contributed by atoms with van der Waals surface area (Å²) < 4.78 is 1.58. The molecule has 23 heavy (non-hydrogen) atoms. The van der Waals surface area contributed by atoms with Gasteiger partial charge in [-0.2, -0.15) is 5.10 Å². The van der Waals surface area contributed by atoms with E-state index >= 15 is 0 Å². The van der Waals surface area contributed by atoms with Crippen LogP contribution in [0.15, 0.2) is 30.3 Å². The van der Waals surface area contributed by atoms with Gasteiger partial charge < -0.3 is 10.0 Å². The molecule has 0 atom stereocenters. The lowest BCUT2D eigenvalue weighted by molar-refractivity contribution is -0.137. The molecule has 122 valence electrons. The van der Waals surface area contributed by atoms with Gasteiger partial charge in [0.05, 0.1) is 10.7 Å². The van der Waals surface area contributed by atoms with Gasteiger partial charge in [0.15, 0.2) is 5.69 Å². The zero-order chi connectivity index (χ0) is 17.0. The highest BCUT2D eigenvalue weighted by Gasteiger charge is 2.21. The molecule has 1 aromatic heterocycles. The first-order valence-electron chi connectivity index (χ1n) is 7.26. The normalized spacial score (nSPS) is 10.6. The number of carbonyl (C=O) groups is 2. The van der Waals surface area contributed by atoms with Crippen LogP contribution in [0.5, 0.6) is 0 Å². The summed E-state index contributed by atoms with van der Waals surface area (Å²) in [6.45, 7) is 3.72. The number of para-hydroxylation sites is 1. The van der Waals surface area contributed by atoms with E-state index in [9.17, 15) is 9.59 Å². The van der Waals surface area contributed by atoms with Crippen LogP contribution < -0.4 is 0 Å². The molecular weight excluding hydrogens is 318 g/mol. The average molecular weight is 336 g/mol. The molecule has 0 unspecified atom stereocenters. The van der Waals surface area contributed by atoms with E-state index in [1.807, 2.05) is 26.0 Å². The van der Waals surface area contributed by atoms with Gasteiger partial charge in [-0.05, 0) is 31.5 Å². The van der Waals surface area contributed by atoms with Gasteiger partial charge in [-0.1, -0.05) is 30.7 Å². The van der Waals surface area contributed by atoms with E-state index in [4.69, 9.17) is 16.7 Å². The van der Waals surface area contributed by atoms with Crippen molar-refractivity contribution in [3.8, 4) is 5.69 Å². The molecule has 1 aromatic carbocycles. The van der Waals surface area contributed by atoms with Crippen LogP contribution in [-0.4, -0.2) is 44.8 Å². The fourth-order valence-electron chi connectivity index (χ4n) is 2.29. The Morgan fingerprint density at radius 3 is 2.65 bits per heavy atom. The Morgan fingerprint density at radius 1 is 1.35 bits per heavy atom. The molecule has 0 aliphatic carbocycles. The third-order valence-corrected chi connectivity index (χ3v) is 3.61. The molecule has 1 heterocycles. The van der Waals surface area contributed by atoms with Crippen LogP contribution in [0.4, 0.5) is 0 Å². The fraction of sp³-hybridized carbons (Fsp3) is 0.312. The molecule has 0 bridgehead atoms. The number of benzene rings is 1. The summed E-state index contributed by atoms with van der Waals surface area (Å²) in [5.74, 6) is -1.45. The van der Waals surface area contributed by atoms with Crippen molar-refractivity contribution < 1.29 is 14.7 Å². The molecule has 6 nitrogen and oxygen atoms in total. The number of aryl methyl sites for hydroxylation is 1. The van der Waals surface area contributed by atoms with Gasteiger partial charge in [-0.15, -0.1) is 0 Å². The summed E-state index contributed by atoms with van der Waals surface area (Å²) in [5, 5.41) is 13.8. The van der Waals surface area contributed by atoms with E-state index in [2.05, 4.69) is 5.10 Å². The van der Waals surface area contributed by atoms with E-state index in [1.54, 1.807) is 22.9 Å². The highest BCUT2D eigenvalue weighted by molar-refractivity contribution is 6.32. The maximum atomic E-state index is 12.5. The lowest BCUT2D eigenvalue weighted by Gasteiger charge is -2.18. The van der Waals surface area contributed by atoms with Crippen molar-refractivity contribution in [2.45, 2.75) is 20.3 Å². The van der Waals surface area contributed by atoms with Gasteiger partial charge in [0.2, 0.25) is 0 Å². The summed E-state index contributed by atoms with van der Waals surface area (Å²) in [6.07, 6.45) is 0.670. The quantitative estimate of drug-likeness (QED) is 0.880. The van der Waals surface area contributed by atoms with Crippen LogP contribution in [0.3, 0.4) is 0 Å². The highest BCUT2D eigenvalue weighted by atomic mass is 35.5. The Hall–Kier alpha value is -2.34. The monoisotopic (exact) mass is 335 g/mol. The molecule has 0 saturated carbocycles. The summed E-state index contributed by atoms with van der Waals surface area (Å²) in [6, 6.07) is 8.82. The van der Waals surface area contributed by atoms with Gasteiger partial charge in [-0.25, -0.2) is 4.68 Å². The fourth-order valence-corrected chi connectivity index (χ4v) is 2.51. The number of halogens is 1. The number of hydrogen-bond donors (Lipinski definition) is 1. The van der Waals surface area contributed by atoms with E-state index in [0.29, 0.717) is 23.7 Å². The minimum atomic E-state index is -1.05. The van der Waals surface area contributed by atoms with Crippen molar-refractivity contribution in [2.24, 2.45) is 0 Å². The number of nitrogens with zero attached hydrogens (tertiary/aromatic N) is 3. The van der Waals surface area contributed by atoms with E-state index in [0.717, 1.165) is 5.69 Å². The van der Waals surface area contributed by atoms with Gasteiger partial charge in [0.1, 0.15) is 6.54 Å². The first-order valence-corrected chi connectivity index (χ1v) is 7.64. The molecule has 1 amide bonds. The predicted molar refractivity (Wildman–Crippen MR) is 87.1 cm³/mol. The highest BCUT2D eigenvalue weighted by Crippen LogP contribution is 2.21. The van der Waals surface area contributed by atoms with Crippen LogP contribution >= 0.6 is 11.6 Å². The SMILES string of the molecule is CCCN(CC(=O)O)C(=O)c1cc(C)n(-c2ccccc2Cl)n1. The van der Waals surface area contributed by atoms with Crippen molar-refractivity contribution in [2.75, 3.05) is 13.1 Å². The van der Waals surface area contributed by atoms with E-state index < -0.39 is 11.9 Å². The molecule has 0 fully saturated rings. The molecule has 2 aromatic rings. The molecule has 0 spiro atoms. The Labute approximate surface area is 139 Å². The Bertz CT molecular complexity index is 727. The van der Waals surface area contributed by atoms with Crippen LogP contribution in [0.2, 0.25) is 5.02 Å². The van der Waals surface area contributed by atoms with Gasteiger partial charge in [-0.3, -0.25) is 9.59 Å². The molecule has 7 heteroatoms. The Balaban J connectivity index is 2.34. The average Bonchev–Trinajstić information content (AvgIpc) is 2.88. The van der Waals surface area contributed by atoms with E-state index in [1.165, 1.54) is 4.90 Å². The third kappa shape index (κ3) is 3.90. The van der Waals surface area contributed by atoms with Crippen molar-refractivity contribution in [1.29, 1.82) is 0 Å². The number of hydrogen-bond acceptors (Lipinski definition) is 3. The predicted octanol–water partition coefficient (Wildman–Crippen LogP) is 2.77. The van der Waals surface area contributed by atoms with Crippen molar-refractivity contribution in [3.63, 3.8) is 0 Å². The maximum absolute atomic E-state index is 12.5. The van der Waals surface area contributed by atoms with Crippen LogP contribution in [-0.2, 0) is 4.79 Å². The first-order chi connectivity index (χ1) is 10.9. The van der Waals surface area contributed by atoms with Gasteiger partial charge in [0, 0.05) is 12.2 Å². The summed E-state index contributed by atoms with van der Waals surface area (Å²) in [7, 11) is 0. The molecule has 0 radical (unpaired) electrons. The van der Waals surface area contributed by atoms with Crippen LogP contribution in [0, 0.1) is 6.92 Å². The number of aromatic nitrogens is 2. The van der Waals surface area contributed by atoms with Gasteiger partial charge in [0.25, 0.3) is 5.91 Å². The molecule has 0 saturated heterocycles. The second kappa shape index (κ2) is 7.28. The Morgan fingerprint density at radius 2 is 2.04 bits per heavy atom. The maximum Gasteiger partial charge on any atom is 0.323 e. The third-order valence-electron chi connectivity index (χ3n) is 3.29. The Kier molecular flexibility index (Phi) is 5.39.